The van der Waals surface area contributed by atoms with E-state index < -0.39 is 11.8 Å². The third kappa shape index (κ3) is 7.56. The van der Waals surface area contributed by atoms with Gasteiger partial charge in [0.1, 0.15) is 13.2 Å². The molecule has 0 aliphatic rings. The lowest BCUT2D eigenvalue weighted by molar-refractivity contribution is -0.139. The monoisotopic (exact) mass is 308 g/mol. The predicted molar refractivity (Wildman–Crippen MR) is 79.5 cm³/mol. The highest BCUT2D eigenvalue weighted by Crippen LogP contribution is 2.01. The topological polar surface area (TPSA) is 71.1 Å². The van der Waals surface area contributed by atoms with E-state index in [9.17, 15) is 9.59 Å². The first-order valence-electron chi connectivity index (χ1n) is 6.90. The van der Waals surface area contributed by atoms with Gasteiger partial charge in [0.2, 0.25) is 0 Å². The molecule has 0 N–H and O–H groups in total. The van der Waals surface area contributed by atoms with E-state index in [2.05, 4.69) is 6.58 Å². The smallest absolute Gasteiger partial charge is 0.379 e. The van der Waals surface area contributed by atoms with Crippen LogP contribution in [-0.2, 0) is 23.7 Å². The lowest BCUT2D eigenvalue weighted by Crippen LogP contribution is -2.20. The molecule has 6 nitrogen and oxygen atoms in total. The van der Waals surface area contributed by atoms with Gasteiger partial charge in [-0.15, -0.1) is 0 Å². The summed E-state index contributed by atoms with van der Waals surface area (Å²) in [5, 5.41) is 0. The summed E-state index contributed by atoms with van der Waals surface area (Å²) in [7, 11) is 0. The quantitative estimate of drug-likeness (QED) is 0.192. The Hall–Kier alpha value is -2.18. The van der Waals surface area contributed by atoms with Gasteiger partial charge in [-0.05, 0) is 0 Å². The largest absolute Gasteiger partial charge is 0.499 e. The molecule has 0 heterocycles. The SMILES string of the molecule is C=COCCOCCOCCOC(=O)C(=O)c1ccccc1. The van der Waals surface area contributed by atoms with E-state index in [1.165, 1.54) is 6.26 Å². The Balaban J connectivity index is 2.01. The molecule has 0 bridgehead atoms. The molecule has 0 saturated carbocycles. The van der Waals surface area contributed by atoms with Crippen LogP contribution in [0.2, 0.25) is 0 Å². The molecule has 0 atom stereocenters. The minimum Gasteiger partial charge on any atom is -0.499 e. The second-order valence-electron chi connectivity index (χ2n) is 4.09. The minimum atomic E-state index is -0.882. The highest BCUT2D eigenvalue weighted by molar-refractivity contribution is 6.40. The predicted octanol–water partition coefficient (Wildman–Crippen LogP) is 1.61. The summed E-state index contributed by atoms with van der Waals surface area (Å²) in [6, 6.07) is 8.26. The Morgan fingerprint density at radius 3 is 2.14 bits per heavy atom. The van der Waals surface area contributed by atoms with Crippen molar-refractivity contribution in [3.63, 3.8) is 0 Å². The fourth-order valence-electron chi connectivity index (χ4n) is 1.48. The van der Waals surface area contributed by atoms with Gasteiger partial charge in [-0.1, -0.05) is 36.9 Å². The second-order valence-corrected chi connectivity index (χ2v) is 4.09. The van der Waals surface area contributed by atoms with Crippen LogP contribution in [0, 0.1) is 0 Å². The fraction of sp³-hybridized carbons (Fsp3) is 0.375. The van der Waals surface area contributed by atoms with Gasteiger partial charge in [0, 0.05) is 5.56 Å². The molecular formula is C16H20O6. The summed E-state index contributed by atoms with van der Waals surface area (Å²) in [5.41, 5.74) is 0.309. The Morgan fingerprint density at radius 1 is 0.909 bits per heavy atom. The maximum Gasteiger partial charge on any atom is 0.379 e. The first-order chi connectivity index (χ1) is 10.8. The number of hydrogen-bond acceptors (Lipinski definition) is 6. The van der Waals surface area contributed by atoms with E-state index in [1.807, 2.05) is 0 Å². The van der Waals surface area contributed by atoms with Crippen LogP contribution in [0.1, 0.15) is 10.4 Å². The van der Waals surface area contributed by atoms with Gasteiger partial charge in [-0.2, -0.15) is 0 Å². The Bertz CT molecular complexity index is 457. The maximum atomic E-state index is 11.7. The van der Waals surface area contributed by atoms with Crippen LogP contribution >= 0.6 is 0 Å². The average Bonchev–Trinajstić information content (AvgIpc) is 2.56. The van der Waals surface area contributed by atoms with Crippen molar-refractivity contribution in [1.29, 1.82) is 0 Å². The lowest BCUT2D eigenvalue weighted by atomic mass is 10.1. The molecule has 1 aromatic carbocycles. The van der Waals surface area contributed by atoms with Crippen LogP contribution in [0.3, 0.4) is 0 Å². The number of ketones is 1. The third-order valence-electron chi connectivity index (χ3n) is 2.52. The van der Waals surface area contributed by atoms with Crippen LogP contribution in [0.5, 0.6) is 0 Å². The second kappa shape index (κ2) is 11.5. The molecule has 1 aromatic rings. The third-order valence-corrected chi connectivity index (χ3v) is 2.52. The summed E-state index contributed by atoms with van der Waals surface area (Å²) >= 11 is 0. The number of benzene rings is 1. The molecule has 0 aromatic heterocycles. The van der Waals surface area contributed by atoms with E-state index in [0.29, 0.717) is 32.0 Å². The van der Waals surface area contributed by atoms with Crippen molar-refractivity contribution in [1.82, 2.24) is 0 Å². The number of carbonyl (C=O) groups excluding carboxylic acids is 2. The number of hydrogen-bond donors (Lipinski definition) is 0. The van der Waals surface area contributed by atoms with Crippen LogP contribution in [-0.4, -0.2) is 51.4 Å². The summed E-state index contributed by atoms with van der Waals surface area (Å²) in [5.74, 6) is -1.54. The first-order valence-corrected chi connectivity index (χ1v) is 6.90. The van der Waals surface area contributed by atoms with Gasteiger partial charge < -0.3 is 18.9 Å². The van der Waals surface area contributed by atoms with Gasteiger partial charge in [0.05, 0.1) is 32.7 Å². The van der Waals surface area contributed by atoms with Crippen molar-refractivity contribution >= 4 is 11.8 Å². The Labute approximate surface area is 129 Å². The zero-order valence-corrected chi connectivity index (χ0v) is 12.4. The number of ether oxygens (including phenoxy) is 4. The molecule has 120 valence electrons. The van der Waals surface area contributed by atoms with E-state index >= 15 is 0 Å². The average molecular weight is 308 g/mol. The minimum absolute atomic E-state index is 0.0248. The van der Waals surface area contributed by atoms with Crippen molar-refractivity contribution in [2.24, 2.45) is 0 Å². The normalized spacial score (nSPS) is 10.0. The summed E-state index contributed by atoms with van der Waals surface area (Å²) in [6.07, 6.45) is 1.35. The zero-order valence-electron chi connectivity index (χ0n) is 12.4. The van der Waals surface area contributed by atoms with Gasteiger partial charge in [0.15, 0.2) is 0 Å². The van der Waals surface area contributed by atoms with E-state index in [4.69, 9.17) is 18.9 Å². The van der Waals surface area contributed by atoms with Crippen LogP contribution < -0.4 is 0 Å². The molecule has 0 aliphatic carbocycles. The molecule has 6 heteroatoms. The standard InChI is InChI=1S/C16H20O6/c1-2-19-8-9-20-10-11-21-12-13-22-16(18)15(17)14-6-4-3-5-7-14/h2-7H,1,8-13H2. The highest BCUT2D eigenvalue weighted by Gasteiger charge is 2.16. The molecule has 0 amide bonds. The molecule has 22 heavy (non-hydrogen) atoms. The highest BCUT2D eigenvalue weighted by atomic mass is 16.6. The van der Waals surface area contributed by atoms with E-state index in [0.717, 1.165) is 0 Å². The molecule has 0 saturated heterocycles. The number of esters is 1. The number of rotatable bonds is 12. The maximum absolute atomic E-state index is 11.7. The Kier molecular flexibility index (Phi) is 9.32. The molecular weight excluding hydrogens is 288 g/mol. The van der Waals surface area contributed by atoms with Crippen LogP contribution in [0.4, 0.5) is 0 Å². The molecule has 0 aliphatic heterocycles. The van der Waals surface area contributed by atoms with Crippen molar-refractivity contribution in [3.8, 4) is 0 Å². The van der Waals surface area contributed by atoms with E-state index in [-0.39, 0.29) is 13.2 Å². The number of Topliss-reactive ketones (excluding diaryl/α,β-unsaturated/α-hetero) is 1. The molecule has 0 fully saturated rings. The van der Waals surface area contributed by atoms with E-state index in [1.54, 1.807) is 30.3 Å². The fourth-order valence-corrected chi connectivity index (χ4v) is 1.48. The van der Waals surface area contributed by atoms with Crippen LogP contribution in [0.15, 0.2) is 43.2 Å². The van der Waals surface area contributed by atoms with Crippen molar-refractivity contribution in [2.75, 3.05) is 39.6 Å². The van der Waals surface area contributed by atoms with Crippen molar-refractivity contribution < 1.29 is 28.5 Å². The first kappa shape index (κ1) is 17.9. The molecule has 0 spiro atoms. The van der Waals surface area contributed by atoms with Gasteiger partial charge in [-0.3, -0.25) is 4.79 Å². The Morgan fingerprint density at radius 2 is 1.50 bits per heavy atom. The van der Waals surface area contributed by atoms with Crippen molar-refractivity contribution in [3.05, 3.63) is 48.7 Å². The van der Waals surface area contributed by atoms with Crippen LogP contribution in [0.25, 0.3) is 0 Å². The molecule has 0 radical (unpaired) electrons. The summed E-state index contributed by atoms with van der Waals surface area (Å²) in [4.78, 5) is 23.2. The summed E-state index contributed by atoms with van der Waals surface area (Å²) in [6.45, 7) is 5.33. The van der Waals surface area contributed by atoms with Gasteiger partial charge in [-0.25, -0.2) is 4.79 Å². The lowest BCUT2D eigenvalue weighted by Gasteiger charge is -2.06. The zero-order chi connectivity index (χ0) is 16.0. The number of carbonyl (C=O) groups is 2. The van der Waals surface area contributed by atoms with Gasteiger partial charge in [0.25, 0.3) is 5.78 Å². The van der Waals surface area contributed by atoms with Gasteiger partial charge >= 0.3 is 5.97 Å². The van der Waals surface area contributed by atoms with Crippen molar-refractivity contribution in [2.45, 2.75) is 0 Å². The molecule has 0 unspecified atom stereocenters. The molecule has 1 rings (SSSR count). The summed E-state index contributed by atoms with van der Waals surface area (Å²) < 4.78 is 20.1.